The molecule has 1 aliphatic rings. The smallest absolute Gasteiger partial charge is 0.407 e. The van der Waals surface area contributed by atoms with Gasteiger partial charge in [-0.1, -0.05) is 18.2 Å². The van der Waals surface area contributed by atoms with Gasteiger partial charge in [0.15, 0.2) is 0 Å². The van der Waals surface area contributed by atoms with Crippen molar-refractivity contribution in [2.24, 2.45) is 0 Å². The van der Waals surface area contributed by atoms with Crippen LogP contribution in [0.25, 0.3) is 0 Å². The first-order valence-electron chi connectivity index (χ1n) is 4.40. The number of nitrogens with one attached hydrogen (secondary N) is 1. The van der Waals surface area contributed by atoms with Gasteiger partial charge < -0.3 is 15.2 Å². The third kappa shape index (κ3) is 1.39. The van der Waals surface area contributed by atoms with Crippen molar-refractivity contribution in [3.63, 3.8) is 0 Å². The number of hydrogen-bond acceptors (Lipinski definition) is 3. The van der Waals surface area contributed by atoms with Crippen LogP contribution in [0.15, 0.2) is 18.2 Å². The van der Waals surface area contributed by atoms with Crippen molar-refractivity contribution in [2.45, 2.75) is 13.0 Å². The minimum absolute atomic E-state index is 0.225. The van der Waals surface area contributed by atoms with Crippen LogP contribution in [0.4, 0.5) is 4.79 Å². The van der Waals surface area contributed by atoms with Crippen LogP contribution in [-0.2, 0) is 4.74 Å². The Kier molecular flexibility index (Phi) is 2.04. The number of cyclic esters (lactones) is 1. The molecule has 1 amide bonds. The molecule has 74 valence electrons. The highest BCUT2D eigenvalue weighted by Gasteiger charge is 2.26. The Bertz CT molecular complexity index is 376. The molecule has 1 aromatic carbocycles. The zero-order chi connectivity index (χ0) is 10.1. The molecule has 4 heteroatoms. The minimum Gasteiger partial charge on any atom is -0.507 e. The monoisotopic (exact) mass is 193 g/mol. The number of aryl methyl sites for hydroxylation is 1. The summed E-state index contributed by atoms with van der Waals surface area (Å²) in [5.74, 6) is 0.225. The molecule has 1 fully saturated rings. The average Bonchev–Trinajstić information content (AvgIpc) is 2.57. The SMILES string of the molecule is Cc1cccc([C@@H]2COC(=O)N2)c1O. The maximum absolute atomic E-state index is 10.8. The quantitative estimate of drug-likeness (QED) is 0.710. The molecule has 1 atom stereocenters. The van der Waals surface area contributed by atoms with Crippen molar-refractivity contribution in [3.05, 3.63) is 29.3 Å². The molecule has 2 rings (SSSR count). The first-order chi connectivity index (χ1) is 6.68. The number of phenolic OH excluding ortho intramolecular Hbond substituents is 1. The van der Waals surface area contributed by atoms with Crippen LogP contribution in [0.3, 0.4) is 0 Å². The number of aromatic hydroxyl groups is 1. The van der Waals surface area contributed by atoms with Crippen molar-refractivity contribution >= 4 is 6.09 Å². The second kappa shape index (κ2) is 3.21. The first kappa shape index (κ1) is 8.87. The van der Waals surface area contributed by atoms with Crippen LogP contribution < -0.4 is 5.32 Å². The Balaban J connectivity index is 2.32. The van der Waals surface area contributed by atoms with E-state index in [1.54, 1.807) is 6.07 Å². The number of carbonyl (C=O) groups is 1. The largest absolute Gasteiger partial charge is 0.507 e. The fourth-order valence-corrected chi connectivity index (χ4v) is 1.51. The van der Waals surface area contributed by atoms with Crippen LogP contribution in [0, 0.1) is 6.92 Å². The highest BCUT2D eigenvalue weighted by molar-refractivity contribution is 5.70. The maximum atomic E-state index is 10.8. The van der Waals surface area contributed by atoms with E-state index in [9.17, 15) is 9.90 Å². The molecular weight excluding hydrogens is 182 g/mol. The lowest BCUT2D eigenvalue weighted by Crippen LogP contribution is -2.18. The van der Waals surface area contributed by atoms with Gasteiger partial charge in [0, 0.05) is 5.56 Å². The van der Waals surface area contributed by atoms with E-state index in [2.05, 4.69) is 5.32 Å². The maximum Gasteiger partial charge on any atom is 0.407 e. The van der Waals surface area contributed by atoms with Gasteiger partial charge in [0.1, 0.15) is 12.4 Å². The number of phenols is 1. The Morgan fingerprint density at radius 2 is 2.36 bits per heavy atom. The first-order valence-corrected chi connectivity index (χ1v) is 4.40. The summed E-state index contributed by atoms with van der Waals surface area (Å²) in [6, 6.07) is 5.20. The number of amides is 1. The summed E-state index contributed by atoms with van der Waals surface area (Å²) in [6.07, 6.45) is -0.434. The van der Waals surface area contributed by atoms with Crippen molar-refractivity contribution in [3.8, 4) is 5.75 Å². The van der Waals surface area contributed by atoms with Crippen LogP contribution in [0.1, 0.15) is 17.2 Å². The van der Waals surface area contributed by atoms with Crippen molar-refractivity contribution in [1.82, 2.24) is 5.32 Å². The molecule has 1 aromatic rings. The van der Waals surface area contributed by atoms with E-state index in [4.69, 9.17) is 4.74 Å². The normalized spacial score (nSPS) is 20.4. The second-order valence-electron chi connectivity index (χ2n) is 3.31. The number of rotatable bonds is 1. The topological polar surface area (TPSA) is 58.6 Å². The number of carbonyl (C=O) groups excluding carboxylic acids is 1. The summed E-state index contributed by atoms with van der Waals surface area (Å²) in [4.78, 5) is 10.8. The van der Waals surface area contributed by atoms with Gasteiger partial charge in [-0.3, -0.25) is 0 Å². The van der Waals surface area contributed by atoms with E-state index in [0.717, 1.165) is 5.56 Å². The summed E-state index contributed by atoms with van der Waals surface area (Å²) >= 11 is 0. The molecule has 0 aromatic heterocycles. The molecular formula is C10H11NO3. The van der Waals surface area contributed by atoms with E-state index < -0.39 is 6.09 Å². The number of alkyl carbamates (subject to hydrolysis) is 1. The molecule has 0 radical (unpaired) electrons. The fourth-order valence-electron chi connectivity index (χ4n) is 1.51. The number of para-hydroxylation sites is 1. The minimum atomic E-state index is -0.434. The van der Waals surface area contributed by atoms with Crippen LogP contribution in [0.5, 0.6) is 5.75 Å². The van der Waals surface area contributed by atoms with Crippen LogP contribution >= 0.6 is 0 Å². The standard InChI is InChI=1S/C10H11NO3/c1-6-3-2-4-7(9(6)12)8-5-14-10(13)11-8/h2-4,8,12H,5H2,1H3,(H,11,13)/t8-/m0/s1. The Morgan fingerprint density at radius 1 is 1.57 bits per heavy atom. The average molecular weight is 193 g/mol. The summed E-state index contributed by atoms with van der Waals surface area (Å²) in [5, 5.41) is 12.4. The van der Waals surface area contributed by atoms with E-state index >= 15 is 0 Å². The van der Waals surface area contributed by atoms with Crippen molar-refractivity contribution < 1.29 is 14.6 Å². The Labute approximate surface area is 81.5 Å². The van der Waals surface area contributed by atoms with Gasteiger partial charge >= 0.3 is 6.09 Å². The molecule has 1 aliphatic heterocycles. The molecule has 4 nitrogen and oxygen atoms in total. The molecule has 1 heterocycles. The lowest BCUT2D eigenvalue weighted by Gasteiger charge is -2.11. The van der Waals surface area contributed by atoms with Gasteiger partial charge in [-0.05, 0) is 12.5 Å². The molecule has 14 heavy (non-hydrogen) atoms. The van der Waals surface area contributed by atoms with E-state index in [0.29, 0.717) is 5.56 Å². The van der Waals surface area contributed by atoms with Gasteiger partial charge in [-0.2, -0.15) is 0 Å². The van der Waals surface area contributed by atoms with E-state index in [1.165, 1.54) is 0 Å². The zero-order valence-electron chi connectivity index (χ0n) is 7.78. The lowest BCUT2D eigenvalue weighted by molar-refractivity contribution is 0.177. The summed E-state index contributed by atoms with van der Waals surface area (Å²) in [7, 11) is 0. The van der Waals surface area contributed by atoms with Gasteiger partial charge in [0.25, 0.3) is 0 Å². The van der Waals surface area contributed by atoms with Crippen LogP contribution in [-0.4, -0.2) is 17.8 Å². The second-order valence-corrected chi connectivity index (χ2v) is 3.31. The molecule has 0 aliphatic carbocycles. The molecule has 0 unspecified atom stereocenters. The van der Waals surface area contributed by atoms with Gasteiger partial charge in [-0.25, -0.2) is 4.79 Å². The highest BCUT2D eigenvalue weighted by Crippen LogP contribution is 2.29. The molecule has 2 N–H and O–H groups in total. The van der Waals surface area contributed by atoms with E-state index in [1.807, 2.05) is 19.1 Å². The predicted octanol–water partition coefficient (Wildman–Crippen LogP) is 1.48. The molecule has 0 saturated carbocycles. The summed E-state index contributed by atoms with van der Waals surface area (Å²) < 4.78 is 4.75. The number of ether oxygens (including phenoxy) is 1. The highest BCUT2D eigenvalue weighted by atomic mass is 16.6. The third-order valence-electron chi connectivity index (χ3n) is 2.32. The lowest BCUT2D eigenvalue weighted by atomic mass is 10.0. The molecule has 0 bridgehead atoms. The van der Waals surface area contributed by atoms with Gasteiger partial charge in [0.05, 0.1) is 6.04 Å². The van der Waals surface area contributed by atoms with Crippen molar-refractivity contribution in [2.75, 3.05) is 6.61 Å². The Morgan fingerprint density at radius 3 is 3.00 bits per heavy atom. The Hall–Kier alpha value is -1.71. The third-order valence-corrected chi connectivity index (χ3v) is 2.32. The molecule has 0 spiro atoms. The number of hydrogen-bond donors (Lipinski definition) is 2. The van der Waals surface area contributed by atoms with Crippen LogP contribution in [0.2, 0.25) is 0 Å². The zero-order valence-corrected chi connectivity index (χ0v) is 7.78. The molecule has 1 saturated heterocycles. The fraction of sp³-hybridized carbons (Fsp3) is 0.300. The van der Waals surface area contributed by atoms with E-state index in [-0.39, 0.29) is 18.4 Å². The predicted molar refractivity (Wildman–Crippen MR) is 50.1 cm³/mol. The summed E-state index contributed by atoms with van der Waals surface area (Å²) in [6.45, 7) is 2.09. The van der Waals surface area contributed by atoms with Gasteiger partial charge in [0.2, 0.25) is 0 Å². The summed E-state index contributed by atoms with van der Waals surface area (Å²) in [5.41, 5.74) is 1.50. The number of benzene rings is 1. The van der Waals surface area contributed by atoms with Gasteiger partial charge in [-0.15, -0.1) is 0 Å². The van der Waals surface area contributed by atoms with Crippen molar-refractivity contribution in [1.29, 1.82) is 0 Å².